The van der Waals surface area contributed by atoms with Crippen molar-refractivity contribution in [3.05, 3.63) is 42.5 Å². The van der Waals surface area contributed by atoms with Crippen LogP contribution in [0.3, 0.4) is 0 Å². The number of methoxy groups -OCH3 is 3. The van der Waals surface area contributed by atoms with Crippen molar-refractivity contribution in [3.8, 4) is 17.2 Å². The van der Waals surface area contributed by atoms with Gasteiger partial charge in [0.1, 0.15) is 5.75 Å². The molecule has 0 heterocycles. The summed E-state index contributed by atoms with van der Waals surface area (Å²) < 4.78 is 44.2. The molecule has 32 heavy (non-hydrogen) atoms. The van der Waals surface area contributed by atoms with Crippen molar-refractivity contribution in [2.75, 3.05) is 33.2 Å². The molecule has 0 saturated heterocycles. The summed E-state index contributed by atoms with van der Waals surface area (Å²) in [6.07, 6.45) is 4.38. The van der Waals surface area contributed by atoms with Crippen molar-refractivity contribution in [1.29, 1.82) is 0 Å². The lowest BCUT2D eigenvalue weighted by Crippen LogP contribution is -2.45. The summed E-state index contributed by atoms with van der Waals surface area (Å²) in [6.45, 7) is -0.270. The zero-order valence-corrected chi connectivity index (χ0v) is 19.5. The molecule has 1 amide bonds. The standard InChI is InChI=1S/C23H30N2O6S/c1-29-19-11-9-17(10-12-19)24-23(26)16-25(18-7-5-4-6-8-18)32(27,28)20-13-14-21(30-2)22(15-20)31-3/h9-15,18H,4-8,16H2,1-3H3,(H,24,26). The quantitative estimate of drug-likeness (QED) is 0.611. The van der Waals surface area contributed by atoms with Gasteiger partial charge in [-0.1, -0.05) is 19.3 Å². The molecule has 2 aromatic carbocycles. The normalized spacial score (nSPS) is 14.8. The number of ether oxygens (including phenoxy) is 3. The Morgan fingerprint density at radius 3 is 2.19 bits per heavy atom. The van der Waals surface area contributed by atoms with Crippen molar-refractivity contribution in [2.45, 2.75) is 43.0 Å². The molecule has 1 aliphatic rings. The zero-order valence-electron chi connectivity index (χ0n) is 18.7. The summed E-state index contributed by atoms with van der Waals surface area (Å²) in [5.41, 5.74) is 0.572. The van der Waals surface area contributed by atoms with Gasteiger partial charge in [-0.25, -0.2) is 8.42 Å². The number of rotatable bonds is 9. The van der Waals surface area contributed by atoms with Crippen LogP contribution < -0.4 is 19.5 Å². The highest BCUT2D eigenvalue weighted by Gasteiger charge is 2.34. The highest BCUT2D eigenvalue weighted by molar-refractivity contribution is 7.89. The van der Waals surface area contributed by atoms with E-state index < -0.39 is 15.9 Å². The third-order valence-corrected chi connectivity index (χ3v) is 7.51. The van der Waals surface area contributed by atoms with E-state index in [9.17, 15) is 13.2 Å². The van der Waals surface area contributed by atoms with E-state index in [1.54, 1.807) is 37.4 Å². The number of nitrogens with zero attached hydrogens (tertiary/aromatic N) is 1. The van der Waals surface area contributed by atoms with E-state index in [2.05, 4.69) is 5.32 Å². The van der Waals surface area contributed by atoms with E-state index in [0.29, 0.717) is 22.9 Å². The monoisotopic (exact) mass is 462 g/mol. The summed E-state index contributed by atoms with van der Waals surface area (Å²) in [5, 5.41) is 2.78. The predicted molar refractivity (Wildman–Crippen MR) is 122 cm³/mol. The van der Waals surface area contributed by atoms with Crippen LogP contribution >= 0.6 is 0 Å². The van der Waals surface area contributed by atoms with Crippen molar-refractivity contribution in [1.82, 2.24) is 4.31 Å². The number of carbonyl (C=O) groups is 1. The fraction of sp³-hybridized carbons (Fsp3) is 0.435. The number of nitrogens with one attached hydrogen (secondary N) is 1. The van der Waals surface area contributed by atoms with Gasteiger partial charge in [-0.3, -0.25) is 4.79 Å². The Balaban J connectivity index is 1.86. The van der Waals surface area contributed by atoms with E-state index in [1.165, 1.54) is 30.7 Å². The topological polar surface area (TPSA) is 94.2 Å². The van der Waals surface area contributed by atoms with E-state index in [1.807, 2.05) is 0 Å². The van der Waals surface area contributed by atoms with Gasteiger partial charge < -0.3 is 19.5 Å². The maximum atomic E-state index is 13.6. The van der Waals surface area contributed by atoms with Gasteiger partial charge in [-0.05, 0) is 49.2 Å². The van der Waals surface area contributed by atoms with Crippen LogP contribution in [0, 0.1) is 0 Å². The maximum Gasteiger partial charge on any atom is 0.243 e. The van der Waals surface area contributed by atoms with Crippen LogP contribution in [0.2, 0.25) is 0 Å². The van der Waals surface area contributed by atoms with Crippen LogP contribution in [-0.4, -0.2) is 52.5 Å². The second kappa shape index (κ2) is 10.7. The average Bonchev–Trinajstić information content (AvgIpc) is 2.83. The predicted octanol–water partition coefficient (Wildman–Crippen LogP) is 3.67. The van der Waals surface area contributed by atoms with Gasteiger partial charge in [-0.15, -0.1) is 0 Å². The second-order valence-corrected chi connectivity index (χ2v) is 9.53. The molecule has 0 atom stereocenters. The Hall–Kier alpha value is -2.78. The van der Waals surface area contributed by atoms with Crippen molar-refractivity contribution in [3.63, 3.8) is 0 Å². The fourth-order valence-corrected chi connectivity index (χ4v) is 5.57. The van der Waals surface area contributed by atoms with E-state index in [-0.39, 0.29) is 17.5 Å². The molecule has 9 heteroatoms. The molecule has 1 aliphatic carbocycles. The van der Waals surface area contributed by atoms with Crippen LogP contribution in [0.1, 0.15) is 32.1 Å². The van der Waals surface area contributed by atoms with Crippen molar-refractivity contribution < 1.29 is 27.4 Å². The van der Waals surface area contributed by atoms with Crippen LogP contribution in [0.15, 0.2) is 47.4 Å². The highest BCUT2D eigenvalue weighted by atomic mass is 32.2. The molecular formula is C23H30N2O6S. The molecule has 8 nitrogen and oxygen atoms in total. The van der Waals surface area contributed by atoms with Gasteiger partial charge in [0.2, 0.25) is 15.9 Å². The Morgan fingerprint density at radius 2 is 1.59 bits per heavy atom. The maximum absolute atomic E-state index is 13.6. The number of hydrogen-bond donors (Lipinski definition) is 1. The molecule has 0 aromatic heterocycles. The molecule has 174 valence electrons. The molecule has 0 unspecified atom stereocenters. The number of sulfonamides is 1. The van der Waals surface area contributed by atoms with E-state index in [0.717, 1.165) is 32.1 Å². The summed E-state index contributed by atoms with van der Waals surface area (Å²) in [7, 11) is 0.569. The summed E-state index contributed by atoms with van der Waals surface area (Å²) in [6, 6.07) is 11.1. The zero-order chi connectivity index (χ0) is 23.1. The van der Waals surface area contributed by atoms with Crippen molar-refractivity contribution >= 4 is 21.6 Å². The van der Waals surface area contributed by atoms with Gasteiger partial charge in [0.25, 0.3) is 0 Å². The minimum absolute atomic E-state index is 0.0676. The summed E-state index contributed by atoms with van der Waals surface area (Å²) >= 11 is 0. The third-order valence-electron chi connectivity index (χ3n) is 5.62. The minimum Gasteiger partial charge on any atom is -0.497 e. The average molecular weight is 463 g/mol. The van der Waals surface area contributed by atoms with Crippen molar-refractivity contribution in [2.24, 2.45) is 0 Å². The Morgan fingerprint density at radius 1 is 0.938 bits per heavy atom. The second-order valence-electron chi connectivity index (χ2n) is 7.64. The van der Waals surface area contributed by atoms with Crippen LogP contribution in [0.5, 0.6) is 17.2 Å². The first-order valence-corrected chi connectivity index (χ1v) is 12.0. The van der Waals surface area contributed by atoms with Gasteiger partial charge in [0, 0.05) is 17.8 Å². The molecule has 3 rings (SSSR count). The molecule has 0 bridgehead atoms. The minimum atomic E-state index is -3.94. The van der Waals surface area contributed by atoms with E-state index in [4.69, 9.17) is 14.2 Å². The van der Waals surface area contributed by atoms with Crippen LogP contribution in [-0.2, 0) is 14.8 Å². The van der Waals surface area contributed by atoms with Gasteiger partial charge >= 0.3 is 0 Å². The third kappa shape index (κ3) is 5.52. The molecule has 1 N–H and O–H groups in total. The smallest absolute Gasteiger partial charge is 0.243 e. The summed E-state index contributed by atoms with van der Waals surface area (Å²) in [4.78, 5) is 12.9. The van der Waals surface area contributed by atoms with Gasteiger partial charge in [0.05, 0.1) is 32.8 Å². The first-order chi connectivity index (χ1) is 15.4. The molecule has 2 aromatic rings. The lowest BCUT2D eigenvalue weighted by molar-refractivity contribution is -0.116. The van der Waals surface area contributed by atoms with Gasteiger partial charge in [0.15, 0.2) is 11.5 Å². The lowest BCUT2D eigenvalue weighted by atomic mass is 9.95. The number of benzene rings is 2. The molecular weight excluding hydrogens is 432 g/mol. The van der Waals surface area contributed by atoms with Crippen LogP contribution in [0.4, 0.5) is 5.69 Å². The van der Waals surface area contributed by atoms with E-state index >= 15 is 0 Å². The fourth-order valence-electron chi connectivity index (χ4n) is 3.91. The summed E-state index contributed by atoms with van der Waals surface area (Å²) in [5.74, 6) is 1.03. The lowest BCUT2D eigenvalue weighted by Gasteiger charge is -2.33. The van der Waals surface area contributed by atoms with Gasteiger partial charge in [-0.2, -0.15) is 4.31 Å². The number of hydrogen-bond acceptors (Lipinski definition) is 6. The first kappa shape index (κ1) is 23.9. The Labute approximate surface area is 189 Å². The molecule has 1 saturated carbocycles. The Bertz CT molecular complexity index is 1020. The number of anilines is 1. The SMILES string of the molecule is COc1ccc(NC(=O)CN(C2CCCCC2)S(=O)(=O)c2ccc(OC)c(OC)c2)cc1. The number of amides is 1. The molecule has 0 radical (unpaired) electrons. The first-order valence-electron chi connectivity index (χ1n) is 10.6. The molecule has 1 fully saturated rings. The Kier molecular flexibility index (Phi) is 7.98. The number of carbonyl (C=O) groups excluding carboxylic acids is 1. The largest absolute Gasteiger partial charge is 0.497 e. The highest BCUT2D eigenvalue weighted by Crippen LogP contribution is 2.33. The molecule has 0 spiro atoms. The molecule has 0 aliphatic heterocycles. The van der Waals surface area contributed by atoms with Crippen LogP contribution in [0.25, 0.3) is 0 Å².